The highest BCUT2D eigenvalue weighted by Gasteiger charge is 2.29. The first kappa shape index (κ1) is 18.1. The van der Waals surface area contributed by atoms with Gasteiger partial charge >= 0.3 is 5.69 Å². The number of carbonyl (C=O) groups excluding carboxylic acids is 1. The number of aromatic nitrogens is 2. The van der Waals surface area contributed by atoms with Crippen molar-refractivity contribution in [2.75, 3.05) is 0 Å². The minimum Gasteiger partial charge on any atom is -0.512 e. The summed E-state index contributed by atoms with van der Waals surface area (Å²) in [5.41, 5.74) is 0.107. The van der Waals surface area contributed by atoms with Crippen LogP contribution in [0.1, 0.15) is 48.5 Å². The van der Waals surface area contributed by atoms with Gasteiger partial charge in [-0.1, -0.05) is 6.92 Å². The topological polar surface area (TPSA) is 112 Å². The third-order valence-electron chi connectivity index (χ3n) is 4.88. The molecule has 0 fully saturated rings. The number of Topliss-reactive ketones (excluding diaryl/α,β-unsaturated/α-hetero) is 1. The smallest absolute Gasteiger partial charge is 0.328 e. The highest BCUT2D eigenvalue weighted by molar-refractivity contribution is 6.12. The summed E-state index contributed by atoms with van der Waals surface area (Å²) in [5, 5.41) is 20.5. The molecule has 1 aliphatic carbocycles. The number of rotatable bonds is 4. The van der Waals surface area contributed by atoms with E-state index in [1.54, 1.807) is 6.92 Å². The Morgan fingerprint density at radius 1 is 1.35 bits per heavy atom. The summed E-state index contributed by atoms with van der Waals surface area (Å²) in [5.74, 6) is -0.583. The molecule has 0 saturated carbocycles. The Hall–Kier alpha value is -2.67. The highest BCUT2D eigenvalue weighted by Crippen LogP contribution is 2.28. The molecule has 1 unspecified atom stereocenters. The predicted octanol–water partition coefficient (Wildman–Crippen LogP) is 1.95. The first-order valence-corrected chi connectivity index (χ1v) is 8.78. The number of nitrogens with one attached hydrogen (secondary N) is 1. The van der Waals surface area contributed by atoms with Crippen LogP contribution in [0.15, 0.2) is 33.1 Å². The Labute approximate surface area is 149 Å². The van der Waals surface area contributed by atoms with E-state index >= 15 is 0 Å². The number of hydrogen-bond donors (Lipinski definition) is 3. The van der Waals surface area contributed by atoms with Gasteiger partial charge in [-0.25, -0.2) is 4.79 Å². The molecule has 7 nitrogen and oxygen atoms in total. The molecule has 0 aliphatic heterocycles. The fraction of sp³-hybridized carbons (Fsp3) is 0.421. The van der Waals surface area contributed by atoms with Gasteiger partial charge in [0.05, 0.1) is 22.6 Å². The number of aliphatic hydroxyl groups is 2. The molecule has 26 heavy (non-hydrogen) atoms. The fourth-order valence-corrected chi connectivity index (χ4v) is 3.54. The Balaban J connectivity index is 2.23. The van der Waals surface area contributed by atoms with Crippen molar-refractivity contribution in [1.82, 2.24) is 9.55 Å². The molecule has 3 rings (SSSR count). The third-order valence-corrected chi connectivity index (χ3v) is 4.88. The number of nitrogens with zero attached hydrogens (tertiary/aromatic N) is 1. The van der Waals surface area contributed by atoms with Crippen LogP contribution < -0.4 is 11.2 Å². The van der Waals surface area contributed by atoms with Gasteiger partial charge < -0.3 is 15.2 Å². The lowest BCUT2D eigenvalue weighted by atomic mass is 9.87. The summed E-state index contributed by atoms with van der Waals surface area (Å²) in [6, 6.07) is 3.03. The molecule has 0 radical (unpaired) electrons. The van der Waals surface area contributed by atoms with Crippen LogP contribution in [-0.2, 0) is 6.54 Å². The lowest BCUT2D eigenvalue weighted by Crippen LogP contribution is -2.35. The van der Waals surface area contributed by atoms with Crippen LogP contribution in [0, 0.1) is 6.92 Å². The van der Waals surface area contributed by atoms with Crippen LogP contribution in [0.5, 0.6) is 0 Å². The van der Waals surface area contributed by atoms with E-state index in [1.807, 2.05) is 6.92 Å². The molecule has 2 aromatic rings. The van der Waals surface area contributed by atoms with Crippen molar-refractivity contribution in [3.63, 3.8) is 0 Å². The quantitative estimate of drug-likeness (QED) is 0.723. The monoisotopic (exact) mass is 358 g/mol. The molecular weight excluding hydrogens is 336 g/mol. The van der Waals surface area contributed by atoms with Crippen molar-refractivity contribution < 1.29 is 15.0 Å². The normalized spacial score (nSPS) is 17.7. The molecule has 0 bridgehead atoms. The maximum Gasteiger partial charge on any atom is 0.328 e. The molecule has 0 saturated heterocycles. The number of benzene rings is 1. The minimum atomic E-state index is -1.02. The van der Waals surface area contributed by atoms with Gasteiger partial charge in [-0.05, 0) is 43.9 Å². The summed E-state index contributed by atoms with van der Waals surface area (Å²) in [6.07, 6.45) is 0.983. The molecular formula is C19H22N2O5. The van der Waals surface area contributed by atoms with Gasteiger partial charge in [0.2, 0.25) is 0 Å². The molecule has 1 aromatic heterocycles. The van der Waals surface area contributed by atoms with Gasteiger partial charge in [0.1, 0.15) is 5.76 Å². The number of fused-ring (bicyclic) bond motifs is 1. The fourth-order valence-electron chi connectivity index (χ4n) is 3.54. The minimum absolute atomic E-state index is 0.00277. The Bertz CT molecular complexity index is 1030. The van der Waals surface area contributed by atoms with Gasteiger partial charge in [0, 0.05) is 18.5 Å². The van der Waals surface area contributed by atoms with E-state index in [0.29, 0.717) is 36.8 Å². The molecule has 1 atom stereocenters. The van der Waals surface area contributed by atoms with Crippen molar-refractivity contribution >= 4 is 16.7 Å². The van der Waals surface area contributed by atoms with Gasteiger partial charge in [-0.3, -0.25) is 14.2 Å². The molecule has 3 N–H and O–H groups in total. The molecule has 138 valence electrons. The number of aryl methyl sites for hydroxylation is 1. The van der Waals surface area contributed by atoms with E-state index in [2.05, 4.69) is 4.98 Å². The van der Waals surface area contributed by atoms with Gasteiger partial charge in [-0.2, -0.15) is 0 Å². The van der Waals surface area contributed by atoms with E-state index in [0.717, 1.165) is 4.57 Å². The van der Waals surface area contributed by atoms with Crippen LogP contribution in [0.2, 0.25) is 0 Å². The van der Waals surface area contributed by atoms with E-state index < -0.39 is 23.1 Å². The number of carbonyl (C=O) groups is 1. The zero-order chi connectivity index (χ0) is 19.0. The van der Waals surface area contributed by atoms with E-state index in [1.165, 1.54) is 12.1 Å². The maximum absolute atomic E-state index is 12.9. The summed E-state index contributed by atoms with van der Waals surface area (Å²) >= 11 is 0. The third kappa shape index (κ3) is 2.88. The number of aromatic amines is 1. The number of aliphatic hydroxyl groups excluding tert-OH is 2. The lowest BCUT2D eigenvalue weighted by molar-refractivity contribution is 0.0953. The Morgan fingerprint density at radius 3 is 2.73 bits per heavy atom. The van der Waals surface area contributed by atoms with Crippen LogP contribution >= 0.6 is 0 Å². The number of hydrogen-bond acceptors (Lipinski definition) is 5. The number of allylic oxidation sites excluding steroid dienone is 1. The summed E-state index contributed by atoms with van der Waals surface area (Å²) in [6.45, 7) is 3.79. The molecule has 1 aliphatic rings. The van der Waals surface area contributed by atoms with Crippen molar-refractivity contribution in [2.24, 2.45) is 0 Å². The SMILES string of the molecule is CCCn1c(=O)[nH]c2ccc(C(=O)C3=C(O)CCCC3O)c(C)c2c1=O. The predicted molar refractivity (Wildman–Crippen MR) is 97.7 cm³/mol. The molecule has 7 heteroatoms. The van der Waals surface area contributed by atoms with Crippen molar-refractivity contribution in [3.8, 4) is 0 Å². The van der Waals surface area contributed by atoms with Gasteiger partial charge in [0.25, 0.3) is 5.56 Å². The second-order valence-corrected chi connectivity index (χ2v) is 6.65. The summed E-state index contributed by atoms with van der Waals surface area (Å²) in [7, 11) is 0. The first-order valence-electron chi connectivity index (χ1n) is 8.78. The van der Waals surface area contributed by atoms with Gasteiger partial charge in [-0.15, -0.1) is 0 Å². The second-order valence-electron chi connectivity index (χ2n) is 6.65. The number of H-pyrrole nitrogens is 1. The average molecular weight is 358 g/mol. The Morgan fingerprint density at radius 2 is 2.08 bits per heavy atom. The summed E-state index contributed by atoms with van der Waals surface area (Å²) in [4.78, 5) is 40.4. The van der Waals surface area contributed by atoms with Crippen molar-refractivity contribution in [2.45, 2.75) is 52.2 Å². The molecule has 1 aromatic carbocycles. The molecule has 0 amide bonds. The number of ketones is 1. The maximum atomic E-state index is 12.9. The zero-order valence-corrected chi connectivity index (χ0v) is 14.8. The van der Waals surface area contributed by atoms with Crippen LogP contribution in [0.3, 0.4) is 0 Å². The van der Waals surface area contributed by atoms with Crippen molar-refractivity contribution in [1.29, 1.82) is 0 Å². The van der Waals surface area contributed by atoms with E-state index in [9.17, 15) is 24.6 Å². The van der Waals surface area contributed by atoms with E-state index in [4.69, 9.17) is 0 Å². The lowest BCUT2D eigenvalue weighted by Gasteiger charge is -2.21. The molecule has 1 heterocycles. The Kier molecular flexibility index (Phi) is 4.82. The zero-order valence-electron chi connectivity index (χ0n) is 14.8. The van der Waals surface area contributed by atoms with Crippen molar-refractivity contribution in [3.05, 3.63) is 55.4 Å². The molecule has 0 spiro atoms. The van der Waals surface area contributed by atoms with E-state index in [-0.39, 0.29) is 28.8 Å². The van der Waals surface area contributed by atoms with Gasteiger partial charge in [0.15, 0.2) is 5.78 Å². The second kappa shape index (κ2) is 6.92. The average Bonchev–Trinajstić information content (AvgIpc) is 2.58. The van der Waals surface area contributed by atoms with Crippen LogP contribution in [0.4, 0.5) is 0 Å². The van der Waals surface area contributed by atoms with Crippen LogP contribution in [0.25, 0.3) is 10.9 Å². The largest absolute Gasteiger partial charge is 0.512 e. The standard InChI is InChI=1S/C19H22N2O5/c1-3-9-21-18(25)15-10(2)11(7-8-12(15)20-19(21)26)17(24)16-13(22)5-4-6-14(16)23/h7-8,13,22-23H,3-6,9H2,1-2H3,(H,20,26). The highest BCUT2D eigenvalue weighted by atomic mass is 16.3. The van der Waals surface area contributed by atoms with Crippen LogP contribution in [-0.4, -0.2) is 31.7 Å². The summed E-state index contributed by atoms with van der Waals surface area (Å²) < 4.78 is 1.12. The first-order chi connectivity index (χ1) is 12.4.